The molecule has 18 heavy (non-hydrogen) atoms. The Labute approximate surface area is 112 Å². The van der Waals surface area contributed by atoms with Gasteiger partial charge in [0, 0.05) is 6.04 Å². The van der Waals surface area contributed by atoms with E-state index in [0.717, 1.165) is 18.7 Å². The standard InChI is InChI=1S/C16H27NO/c1-6-16(3,4)15(17-7-2)12-13-8-10-14(18-5)11-9-13/h8-11,15,17H,6-7,12H2,1-5H3. The maximum atomic E-state index is 5.19. The molecule has 0 heterocycles. The van der Waals surface area contributed by atoms with Gasteiger partial charge in [-0.2, -0.15) is 0 Å². The van der Waals surface area contributed by atoms with Crippen molar-refractivity contribution < 1.29 is 4.74 Å². The van der Waals surface area contributed by atoms with Gasteiger partial charge in [0.1, 0.15) is 5.75 Å². The van der Waals surface area contributed by atoms with E-state index in [4.69, 9.17) is 4.74 Å². The Morgan fingerprint density at radius 2 is 1.78 bits per heavy atom. The molecule has 0 spiro atoms. The van der Waals surface area contributed by atoms with Gasteiger partial charge in [-0.3, -0.25) is 0 Å². The van der Waals surface area contributed by atoms with Crippen LogP contribution in [0.3, 0.4) is 0 Å². The van der Waals surface area contributed by atoms with E-state index < -0.39 is 0 Å². The quantitative estimate of drug-likeness (QED) is 0.796. The van der Waals surface area contributed by atoms with Crippen molar-refractivity contribution in [3.63, 3.8) is 0 Å². The van der Waals surface area contributed by atoms with Crippen LogP contribution >= 0.6 is 0 Å². The highest BCUT2D eigenvalue weighted by Gasteiger charge is 2.26. The first-order chi connectivity index (χ1) is 8.53. The van der Waals surface area contributed by atoms with Crippen LogP contribution < -0.4 is 10.1 Å². The molecule has 0 aliphatic carbocycles. The molecule has 0 aromatic heterocycles. The normalized spacial score (nSPS) is 13.4. The number of hydrogen-bond acceptors (Lipinski definition) is 2. The summed E-state index contributed by atoms with van der Waals surface area (Å²) in [4.78, 5) is 0. The molecule has 0 saturated carbocycles. The van der Waals surface area contributed by atoms with E-state index in [9.17, 15) is 0 Å². The predicted molar refractivity (Wildman–Crippen MR) is 78.2 cm³/mol. The molecule has 1 aromatic rings. The summed E-state index contributed by atoms with van der Waals surface area (Å²) in [7, 11) is 1.71. The van der Waals surface area contributed by atoms with Gasteiger partial charge in [0.15, 0.2) is 0 Å². The van der Waals surface area contributed by atoms with Crippen molar-refractivity contribution in [2.45, 2.75) is 46.6 Å². The first-order valence-electron chi connectivity index (χ1n) is 6.89. The lowest BCUT2D eigenvalue weighted by Gasteiger charge is -2.34. The first kappa shape index (κ1) is 15.0. The van der Waals surface area contributed by atoms with Crippen molar-refractivity contribution in [2.75, 3.05) is 13.7 Å². The fraction of sp³-hybridized carbons (Fsp3) is 0.625. The summed E-state index contributed by atoms with van der Waals surface area (Å²) < 4.78 is 5.19. The van der Waals surface area contributed by atoms with Gasteiger partial charge >= 0.3 is 0 Å². The monoisotopic (exact) mass is 249 g/mol. The van der Waals surface area contributed by atoms with Crippen LogP contribution in [0.4, 0.5) is 0 Å². The lowest BCUT2D eigenvalue weighted by atomic mass is 9.79. The fourth-order valence-electron chi connectivity index (χ4n) is 2.11. The van der Waals surface area contributed by atoms with Crippen LogP contribution in [0, 0.1) is 5.41 Å². The van der Waals surface area contributed by atoms with Crippen LogP contribution in [-0.2, 0) is 6.42 Å². The second kappa shape index (κ2) is 6.79. The number of hydrogen-bond donors (Lipinski definition) is 1. The van der Waals surface area contributed by atoms with Crippen LogP contribution in [0.5, 0.6) is 5.75 Å². The summed E-state index contributed by atoms with van der Waals surface area (Å²) in [5.41, 5.74) is 1.68. The minimum atomic E-state index is 0.315. The molecular formula is C16H27NO. The van der Waals surface area contributed by atoms with Gasteiger partial charge in [-0.1, -0.05) is 39.8 Å². The molecule has 1 rings (SSSR count). The van der Waals surface area contributed by atoms with Crippen LogP contribution in [0.15, 0.2) is 24.3 Å². The molecule has 1 atom stereocenters. The molecule has 1 unspecified atom stereocenters. The van der Waals surface area contributed by atoms with Gasteiger partial charge in [0.05, 0.1) is 7.11 Å². The lowest BCUT2D eigenvalue weighted by molar-refractivity contribution is 0.232. The average Bonchev–Trinajstić information content (AvgIpc) is 2.39. The van der Waals surface area contributed by atoms with Gasteiger partial charge in [0.25, 0.3) is 0 Å². The van der Waals surface area contributed by atoms with Crippen molar-refractivity contribution in [2.24, 2.45) is 5.41 Å². The van der Waals surface area contributed by atoms with E-state index in [1.165, 1.54) is 12.0 Å². The summed E-state index contributed by atoms with van der Waals surface area (Å²) in [6.45, 7) is 10.1. The summed E-state index contributed by atoms with van der Waals surface area (Å²) in [6, 6.07) is 8.92. The number of benzene rings is 1. The molecule has 2 nitrogen and oxygen atoms in total. The van der Waals surface area contributed by atoms with Crippen LogP contribution in [0.1, 0.15) is 39.7 Å². The molecule has 0 radical (unpaired) electrons. The van der Waals surface area contributed by atoms with Crippen molar-refractivity contribution in [3.05, 3.63) is 29.8 Å². The van der Waals surface area contributed by atoms with Crippen LogP contribution in [0.25, 0.3) is 0 Å². The molecule has 0 aliphatic rings. The fourth-order valence-corrected chi connectivity index (χ4v) is 2.11. The van der Waals surface area contributed by atoms with E-state index in [1.807, 2.05) is 12.1 Å². The minimum Gasteiger partial charge on any atom is -0.497 e. The van der Waals surface area contributed by atoms with Gasteiger partial charge in [0.2, 0.25) is 0 Å². The summed E-state index contributed by atoms with van der Waals surface area (Å²) in [5.74, 6) is 0.925. The highest BCUT2D eigenvalue weighted by atomic mass is 16.5. The average molecular weight is 249 g/mol. The largest absolute Gasteiger partial charge is 0.497 e. The Hall–Kier alpha value is -1.02. The van der Waals surface area contributed by atoms with E-state index in [1.54, 1.807) is 7.11 Å². The van der Waals surface area contributed by atoms with E-state index in [2.05, 4.69) is 45.1 Å². The van der Waals surface area contributed by atoms with Gasteiger partial charge in [-0.05, 0) is 42.5 Å². The number of ether oxygens (including phenoxy) is 1. The van der Waals surface area contributed by atoms with Gasteiger partial charge in [-0.25, -0.2) is 0 Å². The molecule has 0 amide bonds. The number of likely N-dealkylation sites (N-methyl/N-ethyl adjacent to an activating group) is 1. The number of methoxy groups -OCH3 is 1. The SMILES string of the molecule is CCNC(Cc1ccc(OC)cc1)C(C)(C)CC. The Morgan fingerprint density at radius 3 is 2.22 bits per heavy atom. The molecule has 2 heteroatoms. The third-order valence-electron chi connectivity index (χ3n) is 3.90. The van der Waals surface area contributed by atoms with Crippen molar-refractivity contribution in [3.8, 4) is 5.75 Å². The zero-order valence-corrected chi connectivity index (χ0v) is 12.4. The number of rotatable bonds is 7. The zero-order valence-electron chi connectivity index (χ0n) is 12.4. The minimum absolute atomic E-state index is 0.315. The predicted octanol–water partition coefficient (Wildman–Crippen LogP) is 3.65. The third kappa shape index (κ3) is 4.02. The molecular weight excluding hydrogens is 222 g/mol. The van der Waals surface area contributed by atoms with Gasteiger partial charge < -0.3 is 10.1 Å². The maximum Gasteiger partial charge on any atom is 0.118 e. The molecule has 0 bridgehead atoms. The molecule has 0 saturated heterocycles. The zero-order chi connectivity index (χ0) is 13.6. The van der Waals surface area contributed by atoms with E-state index in [0.29, 0.717) is 11.5 Å². The van der Waals surface area contributed by atoms with Crippen LogP contribution in [0.2, 0.25) is 0 Å². The van der Waals surface area contributed by atoms with E-state index >= 15 is 0 Å². The van der Waals surface area contributed by atoms with Crippen LogP contribution in [-0.4, -0.2) is 19.7 Å². The highest BCUT2D eigenvalue weighted by Crippen LogP contribution is 2.27. The van der Waals surface area contributed by atoms with Gasteiger partial charge in [-0.15, -0.1) is 0 Å². The Morgan fingerprint density at radius 1 is 1.17 bits per heavy atom. The Kier molecular flexibility index (Phi) is 5.67. The highest BCUT2D eigenvalue weighted by molar-refractivity contribution is 5.27. The topological polar surface area (TPSA) is 21.3 Å². The van der Waals surface area contributed by atoms with Crippen molar-refractivity contribution in [1.82, 2.24) is 5.32 Å². The van der Waals surface area contributed by atoms with Crippen molar-refractivity contribution in [1.29, 1.82) is 0 Å². The molecule has 0 aliphatic heterocycles. The Bertz CT molecular complexity index is 343. The first-order valence-corrected chi connectivity index (χ1v) is 6.89. The third-order valence-corrected chi connectivity index (χ3v) is 3.90. The smallest absolute Gasteiger partial charge is 0.118 e. The molecule has 102 valence electrons. The Balaban J connectivity index is 2.76. The molecule has 0 fully saturated rings. The van der Waals surface area contributed by atoms with Crippen molar-refractivity contribution >= 4 is 0 Å². The lowest BCUT2D eigenvalue weighted by Crippen LogP contribution is -2.43. The number of nitrogens with one attached hydrogen (secondary N) is 1. The summed E-state index contributed by atoms with van der Waals surface area (Å²) in [6.07, 6.45) is 2.25. The second-order valence-electron chi connectivity index (χ2n) is 5.50. The molecule has 1 N–H and O–H groups in total. The maximum absolute atomic E-state index is 5.19. The summed E-state index contributed by atoms with van der Waals surface area (Å²) in [5, 5.41) is 3.62. The summed E-state index contributed by atoms with van der Waals surface area (Å²) >= 11 is 0. The second-order valence-corrected chi connectivity index (χ2v) is 5.50. The molecule has 1 aromatic carbocycles. The van der Waals surface area contributed by atoms with E-state index in [-0.39, 0.29) is 0 Å².